The van der Waals surface area contributed by atoms with E-state index < -0.39 is 6.10 Å². The molecule has 0 heterocycles. The third-order valence-corrected chi connectivity index (χ3v) is 2.83. The molecular weight excluding hydrogens is 232 g/mol. The molecular formula is C14H20O4. The van der Waals surface area contributed by atoms with E-state index >= 15 is 0 Å². The van der Waals surface area contributed by atoms with Gasteiger partial charge in [0.05, 0.1) is 25.7 Å². The SMILES string of the molecule is COCc1cccc(C(O)CC(C)C(=O)OC)c1. The van der Waals surface area contributed by atoms with Crippen molar-refractivity contribution in [3.05, 3.63) is 35.4 Å². The van der Waals surface area contributed by atoms with Gasteiger partial charge in [0, 0.05) is 7.11 Å². The van der Waals surface area contributed by atoms with E-state index in [0.717, 1.165) is 11.1 Å². The summed E-state index contributed by atoms with van der Waals surface area (Å²) >= 11 is 0. The molecule has 0 fully saturated rings. The zero-order chi connectivity index (χ0) is 13.5. The largest absolute Gasteiger partial charge is 0.469 e. The van der Waals surface area contributed by atoms with E-state index in [4.69, 9.17) is 4.74 Å². The topological polar surface area (TPSA) is 55.8 Å². The first-order chi connectivity index (χ1) is 8.58. The summed E-state index contributed by atoms with van der Waals surface area (Å²) in [6.45, 7) is 2.25. The van der Waals surface area contributed by atoms with E-state index in [1.54, 1.807) is 14.0 Å². The van der Waals surface area contributed by atoms with Gasteiger partial charge in [-0.05, 0) is 17.5 Å². The molecule has 0 saturated carbocycles. The molecule has 1 aromatic carbocycles. The van der Waals surface area contributed by atoms with Crippen molar-refractivity contribution in [3.63, 3.8) is 0 Å². The molecule has 0 saturated heterocycles. The van der Waals surface area contributed by atoms with Crippen molar-refractivity contribution < 1.29 is 19.4 Å². The number of esters is 1. The first-order valence-electron chi connectivity index (χ1n) is 5.92. The Bertz CT molecular complexity index is 389. The van der Waals surface area contributed by atoms with Crippen molar-refractivity contribution in [1.82, 2.24) is 0 Å². The standard InChI is InChI=1S/C14H20O4/c1-10(14(16)18-3)7-13(15)12-6-4-5-11(8-12)9-17-2/h4-6,8,10,13,15H,7,9H2,1-3H3. The third kappa shape index (κ3) is 4.13. The van der Waals surface area contributed by atoms with E-state index in [1.807, 2.05) is 24.3 Å². The lowest BCUT2D eigenvalue weighted by atomic mass is 9.97. The summed E-state index contributed by atoms with van der Waals surface area (Å²) < 4.78 is 9.68. The van der Waals surface area contributed by atoms with Crippen LogP contribution in [0.2, 0.25) is 0 Å². The third-order valence-electron chi connectivity index (χ3n) is 2.83. The van der Waals surface area contributed by atoms with E-state index in [1.165, 1.54) is 7.11 Å². The van der Waals surface area contributed by atoms with Crippen molar-refractivity contribution in [1.29, 1.82) is 0 Å². The van der Waals surface area contributed by atoms with Crippen LogP contribution in [0.4, 0.5) is 0 Å². The lowest BCUT2D eigenvalue weighted by molar-refractivity contribution is -0.145. The second-order valence-electron chi connectivity index (χ2n) is 4.35. The number of methoxy groups -OCH3 is 2. The number of hydrogen-bond donors (Lipinski definition) is 1. The summed E-state index contributed by atoms with van der Waals surface area (Å²) in [6.07, 6.45) is -0.320. The first kappa shape index (κ1) is 14.7. The van der Waals surface area contributed by atoms with Crippen LogP contribution in [-0.2, 0) is 20.9 Å². The van der Waals surface area contributed by atoms with Crippen LogP contribution in [0, 0.1) is 5.92 Å². The van der Waals surface area contributed by atoms with Gasteiger partial charge < -0.3 is 14.6 Å². The van der Waals surface area contributed by atoms with Gasteiger partial charge in [0.15, 0.2) is 0 Å². The fourth-order valence-corrected chi connectivity index (χ4v) is 1.83. The van der Waals surface area contributed by atoms with Crippen LogP contribution in [0.15, 0.2) is 24.3 Å². The van der Waals surface area contributed by atoms with Crippen LogP contribution in [0.1, 0.15) is 30.6 Å². The van der Waals surface area contributed by atoms with Crippen molar-refractivity contribution >= 4 is 5.97 Å². The Morgan fingerprint density at radius 1 is 1.39 bits per heavy atom. The molecule has 0 aliphatic heterocycles. The van der Waals surface area contributed by atoms with Gasteiger partial charge >= 0.3 is 5.97 Å². The molecule has 0 aliphatic carbocycles. The van der Waals surface area contributed by atoms with Crippen LogP contribution in [0.25, 0.3) is 0 Å². The Hall–Kier alpha value is -1.39. The highest BCUT2D eigenvalue weighted by Gasteiger charge is 2.19. The van der Waals surface area contributed by atoms with E-state index in [0.29, 0.717) is 13.0 Å². The van der Waals surface area contributed by atoms with Crippen LogP contribution in [-0.4, -0.2) is 25.3 Å². The summed E-state index contributed by atoms with van der Waals surface area (Å²) in [5.41, 5.74) is 1.79. The molecule has 2 atom stereocenters. The molecule has 0 bridgehead atoms. The number of hydrogen-bond acceptors (Lipinski definition) is 4. The van der Waals surface area contributed by atoms with E-state index in [2.05, 4.69) is 4.74 Å². The average Bonchev–Trinajstić information content (AvgIpc) is 2.38. The molecule has 1 aromatic rings. The first-order valence-corrected chi connectivity index (χ1v) is 5.92. The molecule has 0 spiro atoms. The molecule has 100 valence electrons. The molecule has 4 heteroatoms. The number of carbonyl (C=O) groups excluding carboxylic acids is 1. The number of carbonyl (C=O) groups is 1. The molecule has 0 aliphatic rings. The van der Waals surface area contributed by atoms with Gasteiger partial charge in [-0.1, -0.05) is 31.2 Å². The molecule has 0 amide bonds. The highest BCUT2D eigenvalue weighted by molar-refractivity contribution is 5.71. The summed E-state index contributed by atoms with van der Waals surface area (Å²) in [5.74, 6) is -0.627. The van der Waals surface area contributed by atoms with Gasteiger partial charge in [-0.3, -0.25) is 4.79 Å². The van der Waals surface area contributed by atoms with Gasteiger partial charge in [-0.15, -0.1) is 0 Å². The fraction of sp³-hybridized carbons (Fsp3) is 0.500. The Morgan fingerprint density at radius 2 is 2.11 bits per heavy atom. The maximum Gasteiger partial charge on any atom is 0.308 e. The van der Waals surface area contributed by atoms with Gasteiger partial charge in [0.25, 0.3) is 0 Å². The number of aliphatic hydroxyl groups is 1. The minimum absolute atomic E-state index is 0.304. The minimum atomic E-state index is -0.670. The van der Waals surface area contributed by atoms with Gasteiger partial charge in [-0.25, -0.2) is 0 Å². The Morgan fingerprint density at radius 3 is 2.72 bits per heavy atom. The van der Waals surface area contributed by atoms with Gasteiger partial charge in [0.1, 0.15) is 0 Å². The zero-order valence-corrected chi connectivity index (χ0v) is 11.1. The summed E-state index contributed by atoms with van der Waals surface area (Å²) in [5, 5.41) is 10.1. The smallest absolute Gasteiger partial charge is 0.308 e. The number of ether oxygens (including phenoxy) is 2. The predicted octanol–water partition coefficient (Wildman–Crippen LogP) is 2.07. The molecule has 1 N–H and O–H groups in total. The quantitative estimate of drug-likeness (QED) is 0.787. The highest BCUT2D eigenvalue weighted by atomic mass is 16.5. The van der Waals surface area contributed by atoms with Gasteiger partial charge in [0.2, 0.25) is 0 Å². The van der Waals surface area contributed by atoms with Gasteiger partial charge in [-0.2, -0.15) is 0 Å². The molecule has 4 nitrogen and oxygen atoms in total. The van der Waals surface area contributed by atoms with Crippen LogP contribution >= 0.6 is 0 Å². The molecule has 1 rings (SSSR count). The monoisotopic (exact) mass is 252 g/mol. The Labute approximate surface area is 108 Å². The predicted molar refractivity (Wildman–Crippen MR) is 67.9 cm³/mol. The minimum Gasteiger partial charge on any atom is -0.469 e. The van der Waals surface area contributed by atoms with Crippen LogP contribution in [0.3, 0.4) is 0 Å². The maximum atomic E-state index is 11.3. The molecule has 18 heavy (non-hydrogen) atoms. The second kappa shape index (κ2) is 7.13. The Kier molecular flexibility index (Phi) is 5.82. The van der Waals surface area contributed by atoms with Crippen molar-refractivity contribution in [2.45, 2.75) is 26.1 Å². The lowest BCUT2D eigenvalue weighted by Gasteiger charge is -2.15. The normalized spacial score (nSPS) is 14.0. The van der Waals surface area contributed by atoms with Crippen molar-refractivity contribution in [3.8, 4) is 0 Å². The Balaban J connectivity index is 2.68. The fourth-order valence-electron chi connectivity index (χ4n) is 1.83. The number of benzene rings is 1. The number of rotatable bonds is 6. The van der Waals surface area contributed by atoms with E-state index in [9.17, 15) is 9.90 Å². The van der Waals surface area contributed by atoms with Crippen LogP contribution in [0.5, 0.6) is 0 Å². The average molecular weight is 252 g/mol. The number of aliphatic hydroxyl groups excluding tert-OH is 1. The second-order valence-corrected chi connectivity index (χ2v) is 4.35. The zero-order valence-electron chi connectivity index (χ0n) is 11.1. The molecule has 2 unspecified atom stereocenters. The summed E-state index contributed by atoms with van der Waals surface area (Å²) in [4.78, 5) is 11.3. The molecule has 0 aromatic heterocycles. The summed E-state index contributed by atoms with van der Waals surface area (Å²) in [7, 11) is 2.98. The van der Waals surface area contributed by atoms with Crippen LogP contribution < -0.4 is 0 Å². The summed E-state index contributed by atoms with van der Waals surface area (Å²) in [6, 6.07) is 7.53. The van der Waals surface area contributed by atoms with Crippen molar-refractivity contribution in [2.24, 2.45) is 5.92 Å². The molecule has 0 radical (unpaired) electrons. The van der Waals surface area contributed by atoms with E-state index in [-0.39, 0.29) is 11.9 Å². The lowest BCUT2D eigenvalue weighted by Crippen LogP contribution is -2.16. The maximum absolute atomic E-state index is 11.3. The highest BCUT2D eigenvalue weighted by Crippen LogP contribution is 2.22. The van der Waals surface area contributed by atoms with Crippen molar-refractivity contribution in [2.75, 3.05) is 14.2 Å².